The average molecular weight is 232 g/mol. The third-order valence-corrected chi connectivity index (χ3v) is 2.42. The summed E-state index contributed by atoms with van der Waals surface area (Å²) in [5, 5.41) is 0. The Morgan fingerprint density at radius 3 is 2.88 bits per heavy atom. The van der Waals surface area contributed by atoms with Crippen molar-refractivity contribution >= 4 is 0 Å². The Balaban J connectivity index is 2.30. The molecule has 90 valence electrons. The summed E-state index contributed by atoms with van der Waals surface area (Å²) in [4.78, 5) is 4.40. The Labute approximate surface area is 100 Å². The van der Waals surface area contributed by atoms with E-state index in [4.69, 9.17) is 14.9 Å². The summed E-state index contributed by atoms with van der Waals surface area (Å²) in [7, 11) is 1.63. The molecular weight excluding hydrogens is 216 g/mol. The van der Waals surface area contributed by atoms with E-state index in [1.807, 2.05) is 31.2 Å². The minimum atomic E-state index is 0.0746. The van der Waals surface area contributed by atoms with E-state index in [0.717, 1.165) is 17.0 Å². The van der Waals surface area contributed by atoms with Crippen LogP contribution in [0.15, 0.2) is 34.9 Å². The van der Waals surface area contributed by atoms with E-state index in [9.17, 15) is 0 Å². The van der Waals surface area contributed by atoms with Crippen LogP contribution in [-0.4, -0.2) is 18.1 Å². The molecule has 0 aliphatic heterocycles. The molecule has 0 aliphatic rings. The predicted molar refractivity (Wildman–Crippen MR) is 65.8 cm³/mol. The lowest BCUT2D eigenvalue weighted by atomic mass is 10.2. The molecule has 1 aromatic carbocycles. The van der Waals surface area contributed by atoms with Crippen molar-refractivity contribution in [3.05, 3.63) is 36.2 Å². The third-order valence-electron chi connectivity index (χ3n) is 2.42. The van der Waals surface area contributed by atoms with Crippen LogP contribution < -0.4 is 10.5 Å². The van der Waals surface area contributed by atoms with Gasteiger partial charge in [0.2, 0.25) is 5.89 Å². The van der Waals surface area contributed by atoms with Gasteiger partial charge in [0.25, 0.3) is 0 Å². The first kappa shape index (κ1) is 11.7. The number of hydrogen-bond acceptors (Lipinski definition) is 4. The van der Waals surface area contributed by atoms with Gasteiger partial charge in [0, 0.05) is 12.5 Å². The van der Waals surface area contributed by atoms with Crippen LogP contribution in [0.3, 0.4) is 0 Å². The zero-order chi connectivity index (χ0) is 12.3. The van der Waals surface area contributed by atoms with Gasteiger partial charge >= 0.3 is 0 Å². The lowest BCUT2D eigenvalue weighted by Gasteiger charge is -2.03. The highest BCUT2D eigenvalue weighted by molar-refractivity contribution is 5.62. The number of para-hydroxylation sites is 1. The molecule has 4 nitrogen and oxygen atoms in total. The standard InChI is InChI=1S/C13H16N2O2/c1-9(14)7-10-8-17-13(15-10)11-5-3-4-6-12(11)16-2/h3-6,8-9H,7,14H2,1-2H3. The first-order valence-corrected chi connectivity index (χ1v) is 5.54. The molecule has 0 bridgehead atoms. The van der Waals surface area contributed by atoms with Gasteiger partial charge in [-0.05, 0) is 19.1 Å². The molecule has 2 aromatic rings. The molecule has 1 unspecified atom stereocenters. The second-order valence-electron chi connectivity index (χ2n) is 4.03. The number of aromatic nitrogens is 1. The fraction of sp³-hybridized carbons (Fsp3) is 0.308. The molecule has 0 amide bonds. The van der Waals surface area contributed by atoms with Gasteiger partial charge in [-0.2, -0.15) is 0 Å². The zero-order valence-corrected chi connectivity index (χ0v) is 10.0. The van der Waals surface area contributed by atoms with Crippen molar-refractivity contribution in [3.63, 3.8) is 0 Å². The molecule has 2 rings (SSSR count). The van der Waals surface area contributed by atoms with E-state index < -0.39 is 0 Å². The molecule has 0 saturated heterocycles. The van der Waals surface area contributed by atoms with E-state index in [0.29, 0.717) is 12.3 Å². The summed E-state index contributed by atoms with van der Waals surface area (Å²) < 4.78 is 10.7. The number of hydrogen-bond donors (Lipinski definition) is 1. The fourth-order valence-corrected chi connectivity index (χ4v) is 1.68. The highest BCUT2D eigenvalue weighted by Crippen LogP contribution is 2.28. The van der Waals surface area contributed by atoms with Gasteiger partial charge in [-0.1, -0.05) is 12.1 Å². The Hall–Kier alpha value is -1.81. The fourth-order valence-electron chi connectivity index (χ4n) is 1.68. The molecule has 0 aliphatic carbocycles. The number of oxazole rings is 1. The molecule has 0 saturated carbocycles. The molecule has 0 radical (unpaired) electrons. The van der Waals surface area contributed by atoms with Crippen molar-refractivity contribution in [2.75, 3.05) is 7.11 Å². The van der Waals surface area contributed by atoms with Gasteiger partial charge in [-0.15, -0.1) is 0 Å². The van der Waals surface area contributed by atoms with Gasteiger partial charge in [0.05, 0.1) is 18.4 Å². The summed E-state index contributed by atoms with van der Waals surface area (Å²) in [5.41, 5.74) is 7.44. The lowest BCUT2D eigenvalue weighted by Crippen LogP contribution is -2.17. The number of rotatable bonds is 4. The topological polar surface area (TPSA) is 61.3 Å². The Kier molecular flexibility index (Phi) is 3.44. The van der Waals surface area contributed by atoms with Gasteiger partial charge in [-0.3, -0.25) is 0 Å². The highest BCUT2D eigenvalue weighted by atomic mass is 16.5. The van der Waals surface area contributed by atoms with Crippen LogP contribution in [0.4, 0.5) is 0 Å². The summed E-state index contributed by atoms with van der Waals surface area (Å²) in [6, 6.07) is 7.71. The largest absolute Gasteiger partial charge is 0.496 e. The maximum Gasteiger partial charge on any atom is 0.229 e. The number of benzene rings is 1. The SMILES string of the molecule is COc1ccccc1-c1nc(CC(C)N)co1. The van der Waals surface area contributed by atoms with Crippen LogP contribution in [0.2, 0.25) is 0 Å². The van der Waals surface area contributed by atoms with Crippen LogP contribution >= 0.6 is 0 Å². The van der Waals surface area contributed by atoms with E-state index in [1.165, 1.54) is 0 Å². The van der Waals surface area contributed by atoms with Gasteiger partial charge in [0.1, 0.15) is 12.0 Å². The van der Waals surface area contributed by atoms with Gasteiger partial charge in [0.15, 0.2) is 0 Å². The second kappa shape index (κ2) is 5.01. The van der Waals surface area contributed by atoms with Crippen molar-refractivity contribution in [1.82, 2.24) is 4.98 Å². The molecule has 1 aromatic heterocycles. The molecule has 1 atom stereocenters. The van der Waals surface area contributed by atoms with E-state index >= 15 is 0 Å². The molecule has 2 N–H and O–H groups in total. The molecule has 1 heterocycles. The minimum absolute atomic E-state index is 0.0746. The summed E-state index contributed by atoms with van der Waals surface area (Å²) in [5.74, 6) is 1.32. The second-order valence-corrected chi connectivity index (χ2v) is 4.03. The van der Waals surface area contributed by atoms with Crippen molar-refractivity contribution in [2.45, 2.75) is 19.4 Å². The first-order valence-electron chi connectivity index (χ1n) is 5.54. The van der Waals surface area contributed by atoms with Crippen LogP contribution in [-0.2, 0) is 6.42 Å². The van der Waals surface area contributed by atoms with Crippen LogP contribution in [0.1, 0.15) is 12.6 Å². The minimum Gasteiger partial charge on any atom is -0.496 e. The maximum atomic E-state index is 5.72. The van der Waals surface area contributed by atoms with Crippen molar-refractivity contribution in [3.8, 4) is 17.2 Å². The smallest absolute Gasteiger partial charge is 0.229 e. The Morgan fingerprint density at radius 2 is 2.18 bits per heavy atom. The van der Waals surface area contributed by atoms with Crippen LogP contribution in [0.5, 0.6) is 5.75 Å². The van der Waals surface area contributed by atoms with Crippen molar-refractivity contribution in [1.29, 1.82) is 0 Å². The van der Waals surface area contributed by atoms with Gasteiger partial charge < -0.3 is 14.9 Å². The van der Waals surface area contributed by atoms with Crippen molar-refractivity contribution in [2.24, 2.45) is 5.73 Å². The Morgan fingerprint density at radius 1 is 1.41 bits per heavy atom. The monoisotopic (exact) mass is 232 g/mol. The van der Waals surface area contributed by atoms with Crippen LogP contribution in [0.25, 0.3) is 11.5 Å². The molecule has 17 heavy (non-hydrogen) atoms. The van der Waals surface area contributed by atoms with Crippen LogP contribution in [0, 0.1) is 0 Å². The summed E-state index contributed by atoms with van der Waals surface area (Å²) in [6.07, 6.45) is 2.35. The Bertz CT molecular complexity index is 492. The average Bonchev–Trinajstić information content (AvgIpc) is 2.76. The molecule has 0 spiro atoms. The zero-order valence-electron chi connectivity index (χ0n) is 10.0. The number of ether oxygens (including phenoxy) is 1. The quantitative estimate of drug-likeness (QED) is 0.878. The van der Waals surface area contributed by atoms with E-state index in [2.05, 4.69) is 4.98 Å². The van der Waals surface area contributed by atoms with Gasteiger partial charge in [-0.25, -0.2) is 4.98 Å². The maximum absolute atomic E-state index is 5.72. The molecular formula is C13H16N2O2. The summed E-state index contributed by atoms with van der Waals surface area (Å²) >= 11 is 0. The number of nitrogens with zero attached hydrogens (tertiary/aromatic N) is 1. The summed E-state index contributed by atoms with van der Waals surface area (Å²) in [6.45, 7) is 1.94. The normalized spacial score (nSPS) is 12.4. The van der Waals surface area contributed by atoms with Crippen molar-refractivity contribution < 1.29 is 9.15 Å². The van der Waals surface area contributed by atoms with E-state index in [-0.39, 0.29) is 6.04 Å². The number of methoxy groups -OCH3 is 1. The lowest BCUT2D eigenvalue weighted by molar-refractivity contribution is 0.414. The number of nitrogens with two attached hydrogens (primary N) is 1. The predicted octanol–water partition coefficient (Wildman–Crippen LogP) is 2.24. The molecule has 4 heteroatoms. The first-order chi connectivity index (χ1) is 8.20. The molecule has 0 fully saturated rings. The van der Waals surface area contributed by atoms with E-state index in [1.54, 1.807) is 13.4 Å². The third kappa shape index (κ3) is 2.65. The highest BCUT2D eigenvalue weighted by Gasteiger charge is 2.11.